The quantitative estimate of drug-likeness (QED) is 0.744. The SMILES string of the molecule is O=C1O[C](C2OC(=O)c3ccccc32)c2ccccc21. The zero-order valence-corrected chi connectivity index (χ0v) is 10.3. The summed E-state index contributed by atoms with van der Waals surface area (Å²) in [7, 11) is 0. The van der Waals surface area contributed by atoms with Crippen LogP contribution in [0.15, 0.2) is 48.5 Å². The maximum atomic E-state index is 11.9. The van der Waals surface area contributed by atoms with Gasteiger partial charge in [0.05, 0.1) is 11.1 Å². The zero-order chi connectivity index (χ0) is 13.7. The van der Waals surface area contributed by atoms with Gasteiger partial charge in [0.2, 0.25) is 6.10 Å². The first kappa shape index (κ1) is 11.2. The van der Waals surface area contributed by atoms with E-state index in [4.69, 9.17) is 9.47 Å². The fraction of sp³-hybridized carbons (Fsp3) is 0.0625. The minimum absolute atomic E-state index is 0.390. The van der Waals surface area contributed by atoms with Crippen LogP contribution in [-0.4, -0.2) is 11.9 Å². The molecule has 2 aromatic rings. The number of rotatable bonds is 1. The van der Waals surface area contributed by atoms with Crippen LogP contribution in [0.2, 0.25) is 0 Å². The van der Waals surface area contributed by atoms with Gasteiger partial charge in [0, 0.05) is 11.1 Å². The van der Waals surface area contributed by atoms with Crippen LogP contribution in [0.1, 0.15) is 37.9 Å². The predicted octanol–water partition coefficient (Wildman–Crippen LogP) is 2.65. The van der Waals surface area contributed by atoms with Gasteiger partial charge in [-0.1, -0.05) is 36.4 Å². The number of carbonyl (C=O) groups excluding carboxylic acids is 2. The lowest BCUT2D eigenvalue weighted by Gasteiger charge is -2.16. The Morgan fingerprint density at radius 2 is 1.40 bits per heavy atom. The van der Waals surface area contributed by atoms with Gasteiger partial charge in [-0.05, 0) is 12.1 Å². The molecule has 0 fully saturated rings. The second kappa shape index (κ2) is 3.93. The van der Waals surface area contributed by atoms with E-state index in [9.17, 15) is 9.59 Å². The van der Waals surface area contributed by atoms with E-state index >= 15 is 0 Å². The summed E-state index contributed by atoms with van der Waals surface area (Å²) >= 11 is 0. The highest BCUT2D eigenvalue weighted by atomic mass is 16.6. The molecule has 0 saturated carbocycles. The molecular formula is C16H9O4. The molecule has 4 rings (SSSR count). The summed E-state index contributed by atoms with van der Waals surface area (Å²) in [6.07, 6.45) is -0.254. The van der Waals surface area contributed by atoms with Crippen molar-refractivity contribution >= 4 is 11.9 Å². The molecule has 2 aliphatic rings. The average Bonchev–Trinajstić information content (AvgIpc) is 2.99. The molecule has 0 aliphatic carbocycles. The normalized spacial score (nSPS) is 20.3. The van der Waals surface area contributed by atoms with Gasteiger partial charge in [0.15, 0.2) is 6.10 Å². The molecule has 1 unspecified atom stereocenters. The Balaban J connectivity index is 1.82. The smallest absolute Gasteiger partial charge is 0.339 e. The second-order valence-corrected chi connectivity index (χ2v) is 4.67. The van der Waals surface area contributed by atoms with Crippen LogP contribution in [0.25, 0.3) is 0 Å². The van der Waals surface area contributed by atoms with Crippen molar-refractivity contribution in [1.82, 2.24) is 0 Å². The van der Waals surface area contributed by atoms with E-state index in [0.717, 1.165) is 5.56 Å². The third-order valence-corrected chi connectivity index (χ3v) is 3.54. The average molecular weight is 265 g/mol. The highest BCUT2D eigenvalue weighted by molar-refractivity contribution is 5.98. The van der Waals surface area contributed by atoms with E-state index < -0.39 is 18.0 Å². The van der Waals surface area contributed by atoms with E-state index in [1.54, 1.807) is 30.3 Å². The Bertz CT molecular complexity index is 671. The molecule has 2 heterocycles. The predicted molar refractivity (Wildman–Crippen MR) is 68.8 cm³/mol. The van der Waals surface area contributed by atoms with Gasteiger partial charge in [-0.25, -0.2) is 9.59 Å². The van der Waals surface area contributed by atoms with Gasteiger partial charge in [0.25, 0.3) is 0 Å². The summed E-state index contributed by atoms with van der Waals surface area (Å²) < 4.78 is 10.7. The molecule has 0 bridgehead atoms. The molecule has 2 aromatic carbocycles. The van der Waals surface area contributed by atoms with Gasteiger partial charge in [0.1, 0.15) is 0 Å². The molecule has 0 N–H and O–H groups in total. The minimum Gasteiger partial charge on any atom is -0.449 e. The summed E-state index contributed by atoms with van der Waals surface area (Å²) in [5, 5.41) is 0. The van der Waals surface area contributed by atoms with Crippen molar-refractivity contribution in [2.24, 2.45) is 0 Å². The second-order valence-electron chi connectivity index (χ2n) is 4.67. The Labute approximate surface area is 114 Å². The molecule has 1 radical (unpaired) electrons. The van der Waals surface area contributed by atoms with Crippen molar-refractivity contribution in [3.05, 3.63) is 76.9 Å². The minimum atomic E-state index is -0.647. The van der Waals surface area contributed by atoms with E-state index in [2.05, 4.69) is 0 Å². The molecule has 20 heavy (non-hydrogen) atoms. The van der Waals surface area contributed by atoms with Crippen molar-refractivity contribution in [1.29, 1.82) is 0 Å². The fourth-order valence-corrected chi connectivity index (χ4v) is 2.62. The van der Waals surface area contributed by atoms with Crippen molar-refractivity contribution in [2.75, 3.05) is 0 Å². The number of ether oxygens (including phenoxy) is 2. The van der Waals surface area contributed by atoms with Gasteiger partial charge < -0.3 is 9.47 Å². The van der Waals surface area contributed by atoms with E-state index in [1.807, 2.05) is 18.2 Å². The lowest BCUT2D eigenvalue weighted by atomic mass is 9.96. The summed E-state index contributed by atoms with van der Waals surface area (Å²) in [6, 6.07) is 14.2. The third-order valence-electron chi connectivity index (χ3n) is 3.54. The molecule has 2 aliphatic heterocycles. The van der Waals surface area contributed by atoms with Crippen molar-refractivity contribution in [3.63, 3.8) is 0 Å². The van der Waals surface area contributed by atoms with E-state index in [-0.39, 0.29) is 0 Å². The summed E-state index contributed by atoms with van der Waals surface area (Å²) in [4.78, 5) is 23.7. The standard InChI is InChI=1S/C16H9O4/c17-15-11-7-3-1-5-9(11)13(19-15)14-10-6-2-4-8-12(10)16(18)20-14/h1-8,13H. The van der Waals surface area contributed by atoms with Crippen LogP contribution in [0, 0.1) is 6.10 Å². The van der Waals surface area contributed by atoms with Gasteiger partial charge in [-0.3, -0.25) is 0 Å². The van der Waals surface area contributed by atoms with Gasteiger partial charge in [-0.15, -0.1) is 0 Å². The van der Waals surface area contributed by atoms with Crippen LogP contribution in [0.3, 0.4) is 0 Å². The van der Waals surface area contributed by atoms with Crippen LogP contribution < -0.4 is 0 Å². The summed E-state index contributed by atoms with van der Waals surface area (Å²) in [5.41, 5.74) is 2.44. The van der Waals surface area contributed by atoms with Crippen molar-refractivity contribution in [3.8, 4) is 0 Å². The topological polar surface area (TPSA) is 52.6 Å². The maximum Gasteiger partial charge on any atom is 0.339 e. The monoisotopic (exact) mass is 265 g/mol. The first-order valence-electron chi connectivity index (χ1n) is 6.24. The summed E-state index contributed by atoms with van der Waals surface area (Å²) in [5.74, 6) is -0.797. The van der Waals surface area contributed by atoms with E-state index in [0.29, 0.717) is 22.8 Å². The summed E-state index contributed by atoms with van der Waals surface area (Å²) in [6.45, 7) is 0. The lowest BCUT2D eigenvalue weighted by Crippen LogP contribution is -2.12. The Kier molecular flexibility index (Phi) is 2.21. The molecule has 4 nitrogen and oxygen atoms in total. The van der Waals surface area contributed by atoms with E-state index in [1.165, 1.54) is 0 Å². The first-order valence-corrected chi connectivity index (χ1v) is 6.24. The largest absolute Gasteiger partial charge is 0.449 e. The first-order chi connectivity index (χ1) is 9.75. The number of carbonyl (C=O) groups is 2. The highest BCUT2D eigenvalue weighted by Gasteiger charge is 2.45. The number of hydrogen-bond acceptors (Lipinski definition) is 4. The number of hydrogen-bond donors (Lipinski definition) is 0. The van der Waals surface area contributed by atoms with Crippen LogP contribution in [0.5, 0.6) is 0 Å². The van der Waals surface area contributed by atoms with Gasteiger partial charge >= 0.3 is 11.9 Å². The van der Waals surface area contributed by atoms with Gasteiger partial charge in [-0.2, -0.15) is 0 Å². The Hall–Kier alpha value is -2.62. The highest BCUT2D eigenvalue weighted by Crippen LogP contribution is 2.44. The molecule has 0 spiro atoms. The number of fused-ring (bicyclic) bond motifs is 2. The van der Waals surface area contributed by atoms with Crippen molar-refractivity contribution < 1.29 is 19.1 Å². The maximum absolute atomic E-state index is 11.9. The Morgan fingerprint density at radius 1 is 0.750 bits per heavy atom. The fourth-order valence-electron chi connectivity index (χ4n) is 2.62. The number of benzene rings is 2. The third kappa shape index (κ3) is 1.42. The van der Waals surface area contributed by atoms with Crippen molar-refractivity contribution in [2.45, 2.75) is 6.10 Å². The van der Waals surface area contributed by atoms with Crippen LogP contribution in [0.4, 0.5) is 0 Å². The Morgan fingerprint density at radius 3 is 2.20 bits per heavy atom. The molecular weight excluding hydrogens is 256 g/mol. The molecule has 0 saturated heterocycles. The van der Waals surface area contributed by atoms with Crippen LogP contribution >= 0.6 is 0 Å². The number of esters is 2. The lowest BCUT2D eigenvalue weighted by molar-refractivity contribution is 0.0183. The zero-order valence-electron chi connectivity index (χ0n) is 10.3. The molecule has 1 atom stereocenters. The molecule has 97 valence electrons. The number of cyclic esters (lactones) is 2. The molecule has 0 aromatic heterocycles. The molecule has 0 amide bonds. The van der Waals surface area contributed by atoms with Crippen LogP contribution in [-0.2, 0) is 9.47 Å². The molecule has 4 heteroatoms.